The highest BCUT2D eigenvalue weighted by Crippen LogP contribution is 2.21. The molecule has 2 N–H and O–H groups in total. The number of fused-ring (bicyclic) bond motifs is 1. The predicted molar refractivity (Wildman–Crippen MR) is 76.2 cm³/mol. The first-order chi connectivity index (χ1) is 10.0. The number of likely N-dealkylation sites (tertiary alicyclic amines) is 1. The van der Waals surface area contributed by atoms with Crippen molar-refractivity contribution < 1.29 is 14.7 Å². The number of aromatic nitrogens is 1. The fourth-order valence-electron chi connectivity index (χ4n) is 2.59. The Balaban J connectivity index is 1.80. The van der Waals surface area contributed by atoms with Gasteiger partial charge in [-0.25, -0.2) is 0 Å². The second-order valence-electron chi connectivity index (χ2n) is 5.27. The number of nitrogens with zero attached hydrogens (tertiary/aromatic N) is 1. The SMILES string of the molecule is O=C(O)CC1CN(C(=O)c2cc(=O)c3ccccc3[nH]2)C1. The molecule has 0 atom stereocenters. The van der Waals surface area contributed by atoms with Crippen molar-refractivity contribution in [3.63, 3.8) is 0 Å². The van der Waals surface area contributed by atoms with E-state index in [1.54, 1.807) is 29.2 Å². The zero-order valence-corrected chi connectivity index (χ0v) is 11.2. The minimum atomic E-state index is -0.855. The number of carboxylic acids is 1. The Hall–Kier alpha value is -2.63. The number of H-pyrrole nitrogens is 1. The number of carboxylic acid groups (broad SMARTS) is 1. The third-order valence-electron chi connectivity index (χ3n) is 3.68. The number of para-hydroxylation sites is 1. The molecule has 0 spiro atoms. The van der Waals surface area contributed by atoms with E-state index >= 15 is 0 Å². The largest absolute Gasteiger partial charge is 0.481 e. The van der Waals surface area contributed by atoms with Crippen LogP contribution in [0.25, 0.3) is 10.9 Å². The van der Waals surface area contributed by atoms with Gasteiger partial charge in [0.05, 0.1) is 6.42 Å². The predicted octanol–water partition coefficient (Wildman–Crippen LogP) is 1.07. The van der Waals surface area contributed by atoms with Gasteiger partial charge in [0.25, 0.3) is 5.91 Å². The van der Waals surface area contributed by atoms with E-state index in [0.717, 1.165) is 0 Å². The van der Waals surface area contributed by atoms with Crippen molar-refractivity contribution in [3.8, 4) is 0 Å². The lowest BCUT2D eigenvalue weighted by molar-refractivity contribution is -0.139. The van der Waals surface area contributed by atoms with E-state index in [4.69, 9.17) is 5.11 Å². The van der Waals surface area contributed by atoms with Crippen LogP contribution in [0.1, 0.15) is 16.9 Å². The zero-order chi connectivity index (χ0) is 15.0. The molecule has 1 fully saturated rings. The van der Waals surface area contributed by atoms with E-state index in [2.05, 4.69) is 4.98 Å². The van der Waals surface area contributed by atoms with Gasteiger partial charge in [-0.15, -0.1) is 0 Å². The van der Waals surface area contributed by atoms with Crippen molar-refractivity contribution in [2.45, 2.75) is 6.42 Å². The molecule has 3 rings (SSSR count). The third-order valence-corrected chi connectivity index (χ3v) is 3.68. The van der Waals surface area contributed by atoms with Crippen LogP contribution in [0.4, 0.5) is 0 Å². The van der Waals surface area contributed by atoms with Gasteiger partial charge in [0.15, 0.2) is 5.43 Å². The van der Waals surface area contributed by atoms with Gasteiger partial charge in [0, 0.05) is 36.0 Å². The number of nitrogens with one attached hydrogen (secondary N) is 1. The Bertz CT molecular complexity index is 775. The molecule has 1 amide bonds. The van der Waals surface area contributed by atoms with Gasteiger partial charge in [-0.2, -0.15) is 0 Å². The van der Waals surface area contributed by atoms with Gasteiger partial charge in [-0.1, -0.05) is 12.1 Å². The van der Waals surface area contributed by atoms with Crippen LogP contribution in [0.15, 0.2) is 35.1 Å². The van der Waals surface area contributed by atoms with E-state index in [1.165, 1.54) is 6.07 Å². The molecular weight excluding hydrogens is 272 g/mol. The summed E-state index contributed by atoms with van der Waals surface area (Å²) in [5.41, 5.74) is 0.666. The van der Waals surface area contributed by atoms with Crippen molar-refractivity contribution >= 4 is 22.8 Å². The van der Waals surface area contributed by atoms with Crippen molar-refractivity contribution in [3.05, 3.63) is 46.2 Å². The van der Waals surface area contributed by atoms with E-state index < -0.39 is 5.97 Å². The maximum absolute atomic E-state index is 12.3. The molecule has 1 saturated heterocycles. The van der Waals surface area contributed by atoms with Crippen LogP contribution in [-0.4, -0.2) is 40.0 Å². The molecule has 0 bridgehead atoms. The van der Waals surface area contributed by atoms with E-state index in [9.17, 15) is 14.4 Å². The average molecular weight is 286 g/mol. The van der Waals surface area contributed by atoms with E-state index in [-0.39, 0.29) is 29.4 Å². The highest BCUT2D eigenvalue weighted by Gasteiger charge is 2.33. The summed E-state index contributed by atoms with van der Waals surface area (Å²) in [6, 6.07) is 8.31. The molecule has 2 heterocycles. The van der Waals surface area contributed by atoms with Crippen LogP contribution in [0.2, 0.25) is 0 Å². The number of carbonyl (C=O) groups excluding carboxylic acids is 1. The second-order valence-corrected chi connectivity index (χ2v) is 5.27. The van der Waals surface area contributed by atoms with Crippen molar-refractivity contribution in [1.29, 1.82) is 0 Å². The van der Waals surface area contributed by atoms with E-state index in [0.29, 0.717) is 24.0 Å². The summed E-state index contributed by atoms with van der Waals surface area (Å²) in [6.07, 6.45) is 0.0675. The normalized spacial score (nSPS) is 15.0. The lowest BCUT2D eigenvalue weighted by atomic mass is 9.96. The Morgan fingerprint density at radius 3 is 2.71 bits per heavy atom. The van der Waals surface area contributed by atoms with Gasteiger partial charge in [0.2, 0.25) is 0 Å². The minimum absolute atomic E-state index is 0.00127. The maximum atomic E-state index is 12.3. The quantitative estimate of drug-likeness (QED) is 0.883. The van der Waals surface area contributed by atoms with Gasteiger partial charge in [0.1, 0.15) is 5.69 Å². The van der Waals surface area contributed by atoms with Gasteiger partial charge >= 0.3 is 5.97 Å². The molecule has 108 valence electrons. The van der Waals surface area contributed by atoms with Crippen LogP contribution in [0, 0.1) is 5.92 Å². The molecule has 1 aliphatic heterocycles. The number of aliphatic carboxylic acids is 1. The fourth-order valence-corrected chi connectivity index (χ4v) is 2.59. The molecule has 6 nitrogen and oxygen atoms in total. The summed E-state index contributed by atoms with van der Waals surface area (Å²) in [5.74, 6) is -1.12. The Morgan fingerprint density at radius 1 is 1.29 bits per heavy atom. The molecule has 2 aromatic rings. The summed E-state index contributed by atoms with van der Waals surface area (Å²) in [7, 11) is 0. The monoisotopic (exact) mass is 286 g/mol. The van der Waals surface area contributed by atoms with Crippen molar-refractivity contribution in [1.82, 2.24) is 9.88 Å². The van der Waals surface area contributed by atoms with Gasteiger partial charge < -0.3 is 15.0 Å². The molecule has 21 heavy (non-hydrogen) atoms. The fraction of sp³-hybridized carbons (Fsp3) is 0.267. The van der Waals surface area contributed by atoms with Crippen molar-refractivity contribution in [2.24, 2.45) is 5.92 Å². The summed E-state index contributed by atoms with van der Waals surface area (Å²) >= 11 is 0. The highest BCUT2D eigenvalue weighted by atomic mass is 16.4. The van der Waals surface area contributed by atoms with Crippen LogP contribution in [0.5, 0.6) is 0 Å². The number of pyridine rings is 1. The molecule has 0 saturated carbocycles. The van der Waals surface area contributed by atoms with Crippen LogP contribution in [-0.2, 0) is 4.79 Å². The number of hydrogen-bond acceptors (Lipinski definition) is 3. The molecule has 1 aliphatic rings. The van der Waals surface area contributed by atoms with E-state index in [1.807, 2.05) is 0 Å². The first kappa shape index (κ1) is 13.4. The Kier molecular flexibility index (Phi) is 3.21. The van der Waals surface area contributed by atoms with Crippen LogP contribution in [0.3, 0.4) is 0 Å². The number of hydrogen-bond donors (Lipinski definition) is 2. The molecule has 6 heteroatoms. The number of aromatic amines is 1. The topological polar surface area (TPSA) is 90.5 Å². The smallest absolute Gasteiger partial charge is 0.303 e. The van der Waals surface area contributed by atoms with Crippen LogP contribution < -0.4 is 5.43 Å². The summed E-state index contributed by atoms with van der Waals surface area (Å²) in [4.78, 5) is 39.3. The Morgan fingerprint density at radius 2 is 2.00 bits per heavy atom. The molecule has 1 aromatic carbocycles. The lowest BCUT2D eigenvalue weighted by Gasteiger charge is -2.38. The standard InChI is InChI=1S/C15H14N2O4/c18-13-6-12(16-11-4-2-1-3-10(11)13)15(21)17-7-9(8-17)5-14(19)20/h1-4,6,9H,5,7-8H2,(H,16,18)(H,19,20). The number of amides is 1. The zero-order valence-electron chi connectivity index (χ0n) is 11.2. The number of carbonyl (C=O) groups is 2. The lowest BCUT2D eigenvalue weighted by Crippen LogP contribution is -2.50. The second kappa shape index (κ2) is 5.05. The van der Waals surface area contributed by atoms with Crippen molar-refractivity contribution in [2.75, 3.05) is 13.1 Å². The molecule has 0 aliphatic carbocycles. The number of rotatable bonds is 3. The van der Waals surface area contributed by atoms with Gasteiger partial charge in [-0.05, 0) is 12.1 Å². The average Bonchev–Trinajstić information content (AvgIpc) is 2.41. The van der Waals surface area contributed by atoms with Gasteiger partial charge in [-0.3, -0.25) is 14.4 Å². The first-order valence-corrected chi connectivity index (χ1v) is 6.68. The minimum Gasteiger partial charge on any atom is -0.481 e. The Labute approximate surface area is 120 Å². The maximum Gasteiger partial charge on any atom is 0.303 e. The molecule has 1 aromatic heterocycles. The van der Waals surface area contributed by atoms with Crippen LogP contribution >= 0.6 is 0 Å². The molecular formula is C15H14N2O4. The summed E-state index contributed by atoms with van der Waals surface area (Å²) < 4.78 is 0. The molecule has 0 unspecified atom stereocenters. The first-order valence-electron chi connectivity index (χ1n) is 6.68. The highest BCUT2D eigenvalue weighted by molar-refractivity contribution is 5.95. The molecule has 0 radical (unpaired) electrons. The summed E-state index contributed by atoms with van der Waals surface area (Å²) in [5, 5.41) is 9.24. The third kappa shape index (κ3) is 2.52. The summed E-state index contributed by atoms with van der Waals surface area (Å²) in [6.45, 7) is 0.833. The number of benzene rings is 1.